The molecule has 0 amide bonds. The van der Waals surface area contributed by atoms with Crippen LogP contribution in [-0.2, 0) is 9.53 Å². The fourth-order valence-electron chi connectivity index (χ4n) is 1.68. The maximum Gasteiger partial charge on any atom is 0.343 e. The molecule has 2 aliphatic rings. The van der Waals surface area contributed by atoms with Crippen LogP contribution in [0.25, 0.3) is 0 Å². The van der Waals surface area contributed by atoms with Gasteiger partial charge >= 0.3 is 5.97 Å². The Bertz CT molecular complexity index is 372. The fraction of sp³-hybridized carbons (Fsp3) is 0.545. The molecule has 0 unspecified atom stereocenters. The molecule has 1 aliphatic carbocycles. The third-order valence-corrected chi connectivity index (χ3v) is 2.61. The summed E-state index contributed by atoms with van der Waals surface area (Å²) < 4.78 is 31.7. The van der Waals surface area contributed by atoms with Crippen molar-refractivity contribution in [1.82, 2.24) is 4.90 Å². The predicted octanol–water partition coefficient (Wildman–Crippen LogP) is 2.06. The summed E-state index contributed by atoms with van der Waals surface area (Å²) >= 11 is 0. The minimum absolute atomic E-state index is 0.0355. The Kier molecular flexibility index (Phi) is 2.94. The standard InChI is InChI=1S/C11H13F2NO2/c1-2-16-11(15)10-8(12)5-14(6-9(10)13)7-3-4-7/h5,7H,2-4,6H2,1H3. The average Bonchev–Trinajstić information content (AvgIpc) is 2.99. The van der Waals surface area contributed by atoms with Crippen molar-refractivity contribution in [3.63, 3.8) is 0 Å². The average molecular weight is 229 g/mol. The van der Waals surface area contributed by atoms with Crippen molar-refractivity contribution in [3.05, 3.63) is 23.4 Å². The molecule has 3 nitrogen and oxygen atoms in total. The summed E-state index contributed by atoms with van der Waals surface area (Å²) in [5, 5.41) is 0. The lowest BCUT2D eigenvalue weighted by atomic mass is 10.1. The molecule has 0 spiro atoms. The number of rotatable bonds is 3. The molecule has 0 saturated heterocycles. The van der Waals surface area contributed by atoms with Crippen LogP contribution >= 0.6 is 0 Å². The van der Waals surface area contributed by atoms with E-state index in [1.165, 1.54) is 6.20 Å². The van der Waals surface area contributed by atoms with E-state index in [1.54, 1.807) is 11.8 Å². The highest BCUT2D eigenvalue weighted by Crippen LogP contribution is 2.33. The zero-order chi connectivity index (χ0) is 11.7. The molecule has 0 aromatic rings. The van der Waals surface area contributed by atoms with Gasteiger partial charge in [0.2, 0.25) is 0 Å². The van der Waals surface area contributed by atoms with Gasteiger partial charge in [-0.2, -0.15) is 0 Å². The van der Waals surface area contributed by atoms with Crippen molar-refractivity contribution in [2.75, 3.05) is 13.2 Å². The quantitative estimate of drug-likeness (QED) is 0.694. The monoisotopic (exact) mass is 229 g/mol. The second-order valence-electron chi connectivity index (χ2n) is 3.88. The largest absolute Gasteiger partial charge is 0.462 e. The second-order valence-corrected chi connectivity index (χ2v) is 3.88. The van der Waals surface area contributed by atoms with Crippen LogP contribution in [0.15, 0.2) is 23.4 Å². The number of carbonyl (C=O) groups is 1. The van der Waals surface area contributed by atoms with Crippen LogP contribution in [0.3, 0.4) is 0 Å². The summed E-state index contributed by atoms with van der Waals surface area (Å²) in [6, 6.07) is 0.222. The minimum atomic E-state index is -0.927. The molecule has 16 heavy (non-hydrogen) atoms. The molecule has 1 saturated carbocycles. The van der Waals surface area contributed by atoms with Gasteiger partial charge in [-0.15, -0.1) is 0 Å². The Morgan fingerprint density at radius 3 is 2.75 bits per heavy atom. The van der Waals surface area contributed by atoms with Gasteiger partial charge in [0, 0.05) is 12.2 Å². The summed E-state index contributed by atoms with van der Waals surface area (Å²) in [7, 11) is 0. The van der Waals surface area contributed by atoms with Crippen LogP contribution in [-0.4, -0.2) is 30.1 Å². The van der Waals surface area contributed by atoms with E-state index in [0.29, 0.717) is 0 Å². The van der Waals surface area contributed by atoms with Crippen molar-refractivity contribution >= 4 is 5.97 Å². The third-order valence-electron chi connectivity index (χ3n) is 2.61. The zero-order valence-electron chi connectivity index (χ0n) is 9.00. The summed E-state index contributed by atoms with van der Waals surface area (Å²) in [6.45, 7) is 1.67. The first-order valence-electron chi connectivity index (χ1n) is 5.32. The number of ether oxygens (including phenoxy) is 1. The van der Waals surface area contributed by atoms with Gasteiger partial charge in [0.05, 0.1) is 13.2 Å². The van der Waals surface area contributed by atoms with Crippen LogP contribution in [0.4, 0.5) is 8.78 Å². The fourth-order valence-corrected chi connectivity index (χ4v) is 1.68. The van der Waals surface area contributed by atoms with Crippen molar-refractivity contribution in [3.8, 4) is 0 Å². The Hall–Kier alpha value is -1.39. The van der Waals surface area contributed by atoms with E-state index in [0.717, 1.165) is 12.8 Å². The molecule has 0 aromatic carbocycles. The zero-order valence-corrected chi connectivity index (χ0v) is 9.00. The highest BCUT2D eigenvalue weighted by atomic mass is 19.1. The Morgan fingerprint density at radius 2 is 2.25 bits per heavy atom. The first-order chi connectivity index (χ1) is 7.63. The van der Waals surface area contributed by atoms with Crippen molar-refractivity contribution < 1.29 is 18.3 Å². The first-order valence-corrected chi connectivity index (χ1v) is 5.32. The Morgan fingerprint density at radius 1 is 1.56 bits per heavy atom. The van der Waals surface area contributed by atoms with Crippen molar-refractivity contribution in [2.45, 2.75) is 25.8 Å². The molecule has 1 heterocycles. The van der Waals surface area contributed by atoms with Gasteiger partial charge in [-0.25, -0.2) is 13.6 Å². The highest BCUT2D eigenvalue weighted by Gasteiger charge is 2.34. The molecule has 0 bridgehead atoms. The van der Waals surface area contributed by atoms with Gasteiger partial charge in [-0.3, -0.25) is 0 Å². The molecular formula is C11H13F2NO2. The van der Waals surface area contributed by atoms with E-state index >= 15 is 0 Å². The highest BCUT2D eigenvalue weighted by molar-refractivity contribution is 5.93. The van der Waals surface area contributed by atoms with Gasteiger partial charge < -0.3 is 9.64 Å². The van der Waals surface area contributed by atoms with Crippen LogP contribution < -0.4 is 0 Å². The van der Waals surface area contributed by atoms with E-state index in [2.05, 4.69) is 4.74 Å². The molecular weight excluding hydrogens is 216 g/mol. The number of hydrogen-bond acceptors (Lipinski definition) is 3. The summed E-state index contributed by atoms with van der Waals surface area (Å²) in [5.41, 5.74) is -0.557. The van der Waals surface area contributed by atoms with Crippen LogP contribution in [0, 0.1) is 0 Å². The number of halogens is 2. The minimum Gasteiger partial charge on any atom is -0.462 e. The first kappa shape index (κ1) is 11.1. The van der Waals surface area contributed by atoms with Crippen molar-refractivity contribution in [1.29, 1.82) is 0 Å². The molecule has 1 aliphatic heterocycles. The van der Waals surface area contributed by atoms with E-state index in [9.17, 15) is 13.6 Å². The predicted molar refractivity (Wildman–Crippen MR) is 53.7 cm³/mol. The molecule has 0 atom stereocenters. The van der Waals surface area contributed by atoms with E-state index in [4.69, 9.17) is 0 Å². The van der Waals surface area contributed by atoms with E-state index < -0.39 is 23.2 Å². The molecule has 0 radical (unpaired) electrons. The number of esters is 1. The summed E-state index contributed by atoms with van der Waals surface area (Å²) in [4.78, 5) is 12.9. The van der Waals surface area contributed by atoms with Crippen LogP contribution in [0.1, 0.15) is 19.8 Å². The molecule has 1 fully saturated rings. The topological polar surface area (TPSA) is 29.5 Å². The van der Waals surface area contributed by atoms with Gasteiger partial charge in [-0.1, -0.05) is 0 Å². The summed E-state index contributed by atoms with van der Waals surface area (Å²) in [6.07, 6.45) is 3.10. The molecule has 0 aromatic heterocycles. The lowest BCUT2D eigenvalue weighted by molar-refractivity contribution is -0.138. The smallest absolute Gasteiger partial charge is 0.343 e. The van der Waals surface area contributed by atoms with Crippen LogP contribution in [0.2, 0.25) is 0 Å². The normalized spacial score (nSPS) is 20.9. The second kappa shape index (κ2) is 4.23. The van der Waals surface area contributed by atoms with Crippen LogP contribution in [0.5, 0.6) is 0 Å². The molecule has 88 valence electrons. The van der Waals surface area contributed by atoms with Gasteiger partial charge in [-0.05, 0) is 19.8 Å². The molecule has 5 heteroatoms. The summed E-state index contributed by atoms with van der Waals surface area (Å²) in [5.74, 6) is -2.51. The van der Waals surface area contributed by atoms with E-state index in [-0.39, 0.29) is 19.2 Å². The van der Waals surface area contributed by atoms with E-state index in [1.807, 2.05) is 0 Å². The van der Waals surface area contributed by atoms with Gasteiger partial charge in [0.25, 0.3) is 0 Å². The van der Waals surface area contributed by atoms with Gasteiger partial charge in [0.1, 0.15) is 11.4 Å². The lowest BCUT2D eigenvalue weighted by Crippen LogP contribution is -2.28. The SMILES string of the molecule is CCOC(=O)C1=C(F)CN(C2CC2)C=C1F. The molecule has 0 N–H and O–H groups in total. The number of carbonyl (C=O) groups excluding carboxylic acids is 1. The maximum absolute atomic E-state index is 13.6. The Labute approximate surface area is 92.4 Å². The number of nitrogens with zero attached hydrogens (tertiary/aromatic N) is 1. The number of hydrogen-bond donors (Lipinski definition) is 0. The van der Waals surface area contributed by atoms with Gasteiger partial charge in [0.15, 0.2) is 5.83 Å². The molecule has 2 rings (SSSR count). The third kappa shape index (κ3) is 2.08. The Balaban J connectivity index is 2.15. The van der Waals surface area contributed by atoms with Crippen molar-refractivity contribution in [2.24, 2.45) is 0 Å². The lowest BCUT2D eigenvalue weighted by Gasteiger charge is -2.24. The maximum atomic E-state index is 13.6.